The second kappa shape index (κ2) is 5.72. The van der Waals surface area contributed by atoms with E-state index in [2.05, 4.69) is 38.1 Å². The highest BCUT2D eigenvalue weighted by Crippen LogP contribution is 2.33. The maximum atomic E-state index is 9.72. The number of aliphatic hydroxyl groups excluding tert-OH is 2. The smallest absolute Gasteiger partial charge is 0.0515 e. The van der Waals surface area contributed by atoms with Gasteiger partial charge in [0.25, 0.3) is 0 Å². The molecule has 0 bridgehead atoms. The Morgan fingerprint density at radius 2 is 1.58 bits per heavy atom. The summed E-state index contributed by atoms with van der Waals surface area (Å²) in [5, 5.41) is 21.8. The minimum atomic E-state index is -0.454. The average Bonchev–Trinajstić information content (AvgIpc) is 2.44. The van der Waals surface area contributed by atoms with Crippen molar-refractivity contribution in [3.63, 3.8) is 0 Å². The molecule has 2 heteroatoms. The van der Waals surface area contributed by atoms with Gasteiger partial charge in [-0.2, -0.15) is 0 Å². The van der Waals surface area contributed by atoms with E-state index in [0.717, 1.165) is 0 Å². The van der Waals surface area contributed by atoms with Gasteiger partial charge < -0.3 is 10.2 Å². The number of hydrogen-bond acceptors (Lipinski definition) is 2. The van der Waals surface area contributed by atoms with Crippen LogP contribution in [-0.4, -0.2) is 23.4 Å². The molecule has 2 aromatic rings. The molecule has 19 heavy (non-hydrogen) atoms. The molecular weight excluding hydrogens is 236 g/mol. The van der Waals surface area contributed by atoms with Gasteiger partial charge >= 0.3 is 0 Å². The third kappa shape index (κ3) is 2.65. The summed E-state index contributed by atoms with van der Waals surface area (Å²) in [5.41, 5.74) is 0.735. The van der Waals surface area contributed by atoms with Crippen LogP contribution < -0.4 is 0 Å². The van der Waals surface area contributed by atoms with Crippen LogP contribution in [0.4, 0.5) is 0 Å². The van der Waals surface area contributed by atoms with Crippen molar-refractivity contribution >= 4 is 10.8 Å². The Labute approximate surface area is 114 Å². The molecule has 0 aliphatic carbocycles. The van der Waals surface area contributed by atoms with Crippen molar-refractivity contribution in [3.05, 3.63) is 48.0 Å². The predicted molar refractivity (Wildman–Crippen MR) is 79.1 cm³/mol. The summed E-state index contributed by atoms with van der Waals surface area (Å²) in [5.74, 6) is 0.224. The molecule has 0 aromatic heterocycles. The summed E-state index contributed by atoms with van der Waals surface area (Å²) >= 11 is 0. The molecule has 0 fully saturated rings. The van der Waals surface area contributed by atoms with E-state index in [0.29, 0.717) is 6.42 Å². The van der Waals surface area contributed by atoms with Gasteiger partial charge in [0.15, 0.2) is 0 Å². The zero-order valence-corrected chi connectivity index (χ0v) is 11.6. The Hall–Kier alpha value is -1.38. The number of aliphatic hydroxyl groups is 2. The van der Waals surface area contributed by atoms with E-state index < -0.39 is 5.41 Å². The molecular formula is C17H22O2. The van der Waals surface area contributed by atoms with Crippen molar-refractivity contribution in [2.75, 3.05) is 13.2 Å². The summed E-state index contributed by atoms with van der Waals surface area (Å²) in [6.07, 6.45) is 0.693. The first kappa shape index (κ1) is 14.0. The zero-order valence-electron chi connectivity index (χ0n) is 11.6. The van der Waals surface area contributed by atoms with E-state index in [9.17, 15) is 10.2 Å². The first-order chi connectivity index (χ1) is 9.13. The van der Waals surface area contributed by atoms with Gasteiger partial charge in [0.05, 0.1) is 13.2 Å². The molecule has 0 aliphatic heterocycles. The molecule has 2 nitrogen and oxygen atoms in total. The highest BCUT2D eigenvalue weighted by Gasteiger charge is 2.33. The second-order valence-corrected chi connectivity index (χ2v) is 5.65. The summed E-state index contributed by atoms with van der Waals surface area (Å²) in [7, 11) is 0. The third-order valence-corrected chi connectivity index (χ3v) is 4.28. The van der Waals surface area contributed by atoms with Gasteiger partial charge in [-0.25, -0.2) is 0 Å². The van der Waals surface area contributed by atoms with E-state index in [4.69, 9.17) is 0 Å². The van der Waals surface area contributed by atoms with Crippen LogP contribution in [0.3, 0.4) is 0 Å². The fraction of sp³-hybridized carbons (Fsp3) is 0.412. The quantitative estimate of drug-likeness (QED) is 0.865. The fourth-order valence-corrected chi connectivity index (χ4v) is 2.56. The Balaban J connectivity index is 2.45. The highest BCUT2D eigenvalue weighted by atomic mass is 16.3. The topological polar surface area (TPSA) is 40.5 Å². The third-order valence-electron chi connectivity index (χ3n) is 4.28. The number of benzene rings is 2. The lowest BCUT2D eigenvalue weighted by Gasteiger charge is -2.34. The van der Waals surface area contributed by atoms with Gasteiger partial charge in [-0.05, 0) is 28.7 Å². The van der Waals surface area contributed by atoms with Gasteiger partial charge in [0.2, 0.25) is 0 Å². The molecule has 0 aliphatic rings. The van der Waals surface area contributed by atoms with E-state index in [1.54, 1.807) is 0 Å². The molecule has 0 saturated heterocycles. The van der Waals surface area contributed by atoms with Gasteiger partial charge in [0, 0.05) is 5.41 Å². The molecule has 102 valence electrons. The van der Waals surface area contributed by atoms with Gasteiger partial charge in [-0.1, -0.05) is 56.3 Å². The van der Waals surface area contributed by atoms with Crippen LogP contribution in [-0.2, 0) is 6.42 Å². The number of fused-ring (bicyclic) bond motifs is 1. The molecule has 0 unspecified atom stereocenters. The average molecular weight is 258 g/mol. The summed E-state index contributed by atoms with van der Waals surface area (Å²) in [6, 6.07) is 14.5. The maximum absolute atomic E-state index is 9.72. The molecule has 0 spiro atoms. The van der Waals surface area contributed by atoms with Crippen molar-refractivity contribution in [2.24, 2.45) is 11.3 Å². The van der Waals surface area contributed by atoms with Crippen LogP contribution in [0.1, 0.15) is 19.4 Å². The van der Waals surface area contributed by atoms with Crippen LogP contribution in [0.5, 0.6) is 0 Å². The lowest BCUT2D eigenvalue weighted by Crippen LogP contribution is -2.37. The molecule has 0 radical (unpaired) electrons. The van der Waals surface area contributed by atoms with E-state index in [1.807, 2.05) is 18.2 Å². The monoisotopic (exact) mass is 258 g/mol. The van der Waals surface area contributed by atoms with Crippen LogP contribution in [0.25, 0.3) is 10.8 Å². The molecule has 2 aromatic carbocycles. The Kier molecular flexibility index (Phi) is 4.23. The molecule has 2 rings (SSSR count). The van der Waals surface area contributed by atoms with Crippen molar-refractivity contribution in [1.82, 2.24) is 0 Å². The number of rotatable bonds is 5. The maximum Gasteiger partial charge on any atom is 0.0515 e. The van der Waals surface area contributed by atoms with Crippen molar-refractivity contribution < 1.29 is 10.2 Å². The van der Waals surface area contributed by atoms with Crippen LogP contribution >= 0.6 is 0 Å². The zero-order chi connectivity index (χ0) is 13.9. The van der Waals surface area contributed by atoms with Crippen LogP contribution in [0.2, 0.25) is 0 Å². The normalized spacial score (nSPS) is 12.3. The van der Waals surface area contributed by atoms with Crippen LogP contribution in [0, 0.1) is 11.3 Å². The lowest BCUT2D eigenvalue weighted by molar-refractivity contribution is 0.0166. The summed E-state index contributed by atoms with van der Waals surface area (Å²) in [6.45, 7) is 4.11. The Morgan fingerprint density at radius 1 is 0.947 bits per heavy atom. The van der Waals surface area contributed by atoms with E-state index in [1.165, 1.54) is 16.3 Å². The SMILES string of the molecule is CC(C)C(CO)(CO)Cc1cccc2ccccc12. The Bertz CT molecular complexity index is 536. The van der Waals surface area contributed by atoms with E-state index >= 15 is 0 Å². The van der Waals surface area contributed by atoms with Crippen molar-refractivity contribution in [2.45, 2.75) is 20.3 Å². The predicted octanol–water partition coefficient (Wildman–Crippen LogP) is 3.01. The summed E-state index contributed by atoms with van der Waals surface area (Å²) in [4.78, 5) is 0. The van der Waals surface area contributed by atoms with Gasteiger partial charge in [-0.3, -0.25) is 0 Å². The summed E-state index contributed by atoms with van der Waals surface area (Å²) < 4.78 is 0. The van der Waals surface area contributed by atoms with Crippen molar-refractivity contribution in [1.29, 1.82) is 0 Å². The second-order valence-electron chi connectivity index (χ2n) is 5.65. The Morgan fingerprint density at radius 3 is 2.21 bits per heavy atom. The first-order valence-electron chi connectivity index (χ1n) is 6.81. The molecule has 2 N–H and O–H groups in total. The lowest BCUT2D eigenvalue weighted by atomic mass is 9.73. The number of hydrogen-bond donors (Lipinski definition) is 2. The van der Waals surface area contributed by atoms with Crippen LogP contribution in [0.15, 0.2) is 42.5 Å². The van der Waals surface area contributed by atoms with Gasteiger partial charge in [0.1, 0.15) is 0 Å². The van der Waals surface area contributed by atoms with E-state index in [-0.39, 0.29) is 19.1 Å². The largest absolute Gasteiger partial charge is 0.396 e. The van der Waals surface area contributed by atoms with Crippen molar-refractivity contribution in [3.8, 4) is 0 Å². The standard InChI is InChI=1S/C17H22O2/c1-13(2)17(11-18,12-19)10-15-8-5-7-14-6-3-4-9-16(14)15/h3-9,13,18-19H,10-12H2,1-2H3. The van der Waals surface area contributed by atoms with Gasteiger partial charge in [-0.15, -0.1) is 0 Å². The molecule has 0 atom stereocenters. The fourth-order valence-electron chi connectivity index (χ4n) is 2.56. The highest BCUT2D eigenvalue weighted by molar-refractivity contribution is 5.85. The molecule has 0 amide bonds. The molecule has 0 heterocycles. The first-order valence-corrected chi connectivity index (χ1v) is 6.81. The minimum absolute atomic E-state index is 0.00435. The minimum Gasteiger partial charge on any atom is -0.396 e. The molecule has 0 saturated carbocycles.